The van der Waals surface area contributed by atoms with Gasteiger partial charge in [0.15, 0.2) is 16.6 Å². The summed E-state index contributed by atoms with van der Waals surface area (Å²) in [5.41, 5.74) is 0.457. The average Bonchev–Trinajstić information content (AvgIpc) is 3.44. The van der Waals surface area contributed by atoms with Crippen LogP contribution in [0.15, 0.2) is 53.5 Å². The van der Waals surface area contributed by atoms with Gasteiger partial charge in [0.1, 0.15) is 16.6 Å². The molecule has 10 heteroatoms. The number of hydrogen-bond acceptors (Lipinski definition) is 7. The Balaban J connectivity index is 1.76. The number of benzene rings is 2. The first-order chi connectivity index (χ1) is 17.0. The van der Waals surface area contributed by atoms with Crippen LogP contribution in [0.4, 0.5) is 8.78 Å². The molecule has 0 aliphatic rings. The van der Waals surface area contributed by atoms with Gasteiger partial charge in [-0.2, -0.15) is 0 Å². The number of ether oxygens (including phenoxy) is 1. The zero-order valence-corrected chi connectivity index (χ0v) is 21.4. The van der Waals surface area contributed by atoms with Crippen molar-refractivity contribution in [2.75, 3.05) is 0 Å². The third kappa shape index (κ3) is 4.43. The third-order valence-electron chi connectivity index (χ3n) is 5.68. The predicted molar refractivity (Wildman–Crippen MR) is 138 cm³/mol. The van der Waals surface area contributed by atoms with E-state index in [-0.39, 0.29) is 17.1 Å². The molecule has 1 N–H and O–H groups in total. The Morgan fingerprint density at radius 1 is 1.00 bits per heavy atom. The second-order valence-electron chi connectivity index (χ2n) is 8.89. The van der Waals surface area contributed by atoms with Crippen LogP contribution in [0, 0.1) is 18.6 Å². The SMILES string of the molecule is Cc1nnc(-c2cc3c(=O)n(C)cc(-c4cc(C(C)(C)O)ccc4Oc4ccc(F)cc4F)c3s2)s1. The van der Waals surface area contributed by atoms with E-state index in [1.54, 1.807) is 51.4 Å². The number of fused-ring (bicyclic) bond motifs is 1. The summed E-state index contributed by atoms with van der Waals surface area (Å²) in [5, 5.41) is 21.0. The molecule has 0 unspecified atom stereocenters. The van der Waals surface area contributed by atoms with E-state index in [0.717, 1.165) is 22.0 Å². The lowest BCUT2D eigenvalue weighted by molar-refractivity contribution is 0.0786. The number of aromatic nitrogens is 3. The Morgan fingerprint density at radius 3 is 2.42 bits per heavy atom. The van der Waals surface area contributed by atoms with Gasteiger partial charge in [-0.15, -0.1) is 21.5 Å². The maximum Gasteiger partial charge on any atom is 0.259 e. The lowest BCUT2D eigenvalue weighted by Gasteiger charge is -2.21. The number of rotatable bonds is 5. The number of halogens is 2. The zero-order valence-electron chi connectivity index (χ0n) is 19.8. The smallest absolute Gasteiger partial charge is 0.259 e. The summed E-state index contributed by atoms with van der Waals surface area (Å²) >= 11 is 2.82. The van der Waals surface area contributed by atoms with Crippen LogP contribution in [0.25, 0.3) is 31.1 Å². The maximum absolute atomic E-state index is 14.4. The van der Waals surface area contributed by atoms with Gasteiger partial charge in [0.25, 0.3) is 5.56 Å². The highest BCUT2D eigenvalue weighted by Gasteiger charge is 2.23. The normalized spacial score (nSPS) is 11.9. The summed E-state index contributed by atoms with van der Waals surface area (Å²) in [5.74, 6) is -1.42. The molecule has 0 saturated carbocycles. The van der Waals surface area contributed by atoms with Gasteiger partial charge in [-0.05, 0) is 56.7 Å². The molecule has 3 aromatic heterocycles. The van der Waals surface area contributed by atoms with Gasteiger partial charge in [-0.1, -0.05) is 17.4 Å². The summed E-state index contributed by atoms with van der Waals surface area (Å²) in [6, 6.07) is 9.95. The van der Waals surface area contributed by atoms with Crippen molar-refractivity contribution in [2.24, 2.45) is 7.05 Å². The van der Waals surface area contributed by atoms with Crippen molar-refractivity contribution in [3.63, 3.8) is 0 Å². The monoisotopic (exact) mass is 525 g/mol. The molecule has 0 radical (unpaired) electrons. The lowest BCUT2D eigenvalue weighted by atomic mass is 9.94. The number of aryl methyl sites for hydroxylation is 2. The molecule has 5 rings (SSSR count). The fraction of sp³-hybridized carbons (Fsp3) is 0.192. The zero-order chi connectivity index (χ0) is 25.8. The van der Waals surface area contributed by atoms with Gasteiger partial charge >= 0.3 is 0 Å². The van der Waals surface area contributed by atoms with Crippen LogP contribution in [0.1, 0.15) is 24.4 Å². The molecule has 0 atom stereocenters. The highest BCUT2D eigenvalue weighted by molar-refractivity contribution is 7.26. The van der Waals surface area contributed by atoms with Crippen LogP contribution in [0.5, 0.6) is 11.5 Å². The van der Waals surface area contributed by atoms with Crippen molar-refractivity contribution in [1.29, 1.82) is 0 Å². The van der Waals surface area contributed by atoms with E-state index in [4.69, 9.17) is 4.74 Å². The summed E-state index contributed by atoms with van der Waals surface area (Å²) in [7, 11) is 1.65. The van der Waals surface area contributed by atoms with Crippen molar-refractivity contribution >= 4 is 32.8 Å². The first kappa shape index (κ1) is 24.2. The second kappa shape index (κ2) is 8.88. The molecular weight excluding hydrogens is 504 g/mol. The van der Waals surface area contributed by atoms with Gasteiger partial charge in [-0.3, -0.25) is 4.79 Å². The van der Waals surface area contributed by atoms with Crippen molar-refractivity contribution in [3.05, 3.63) is 81.2 Å². The van der Waals surface area contributed by atoms with Gasteiger partial charge < -0.3 is 14.4 Å². The molecule has 184 valence electrons. The van der Waals surface area contributed by atoms with E-state index in [2.05, 4.69) is 10.2 Å². The van der Waals surface area contributed by atoms with E-state index in [1.807, 2.05) is 6.92 Å². The first-order valence-electron chi connectivity index (χ1n) is 10.9. The molecule has 6 nitrogen and oxygen atoms in total. The number of hydrogen-bond donors (Lipinski definition) is 1. The fourth-order valence-corrected chi connectivity index (χ4v) is 5.74. The number of nitrogens with zero attached hydrogens (tertiary/aromatic N) is 3. The molecule has 5 aromatic rings. The van der Waals surface area contributed by atoms with Gasteiger partial charge in [0.05, 0.1) is 15.9 Å². The van der Waals surface area contributed by atoms with Gasteiger partial charge in [0.2, 0.25) is 0 Å². The van der Waals surface area contributed by atoms with Crippen molar-refractivity contribution < 1.29 is 18.6 Å². The molecule has 0 saturated heterocycles. The number of pyridine rings is 1. The van der Waals surface area contributed by atoms with E-state index in [1.165, 1.54) is 33.3 Å². The molecule has 2 aromatic carbocycles. The van der Waals surface area contributed by atoms with Crippen LogP contribution in [0.2, 0.25) is 0 Å². The number of aliphatic hydroxyl groups is 1. The fourth-order valence-electron chi connectivity index (χ4n) is 3.83. The average molecular weight is 526 g/mol. The van der Waals surface area contributed by atoms with Gasteiger partial charge in [0, 0.05) is 35.1 Å². The lowest BCUT2D eigenvalue weighted by Crippen LogP contribution is -2.17. The minimum atomic E-state index is -1.17. The summed E-state index contributed by atoms with van der Waals surface area (Å²) in [6.45, 7) is 5.17. The summed E-state index contributed by atoms with van der Waals surface area (Å²) < 4.78 is 36.0. The molecule has 3 heterocycles. The Bertz CT molecular complexity index is 1680. The topological polar surface area (TPSA) is 77.2 Å². The van der Waals surface area contributed by atoms with Crippen LogP contribution in [-0.2, 0) is 12.6 Å². The quantitative estimate of drug-likeness (QED) is 0.288. The van der Waals surface area contributed by atoms with Crippen molar-refractivity contribution in [3.8, 4) is 32.5 Å². The highest BCUT2D eigenvalue weighted by atomic mass is 32.1. The van der Waals surface area contributed by atoms with Crippen molar-refractivity contribution in [1.82, 2.24) is 14.8 Å². The molecular formula is C26H21F2N3O3S2. The highest BCUT2D eigenvalue weighted by Crippen LogP contribution is 2.43. The van der Waals surface area contributed by atoms with Gasteiger partial charge in [-0.25, -0.2) is 8.78 Å². The Kier molecular flexibility index (Phi) is 5.98. The van der Waals surface area contributed by atoms with E-state index < -0.39 is 17.2 Å². The third-order valence-corrected chi connectivity index (χ3v) is 7.85. The van der Waals surface area contributed by atoms with E-state index >= 15 is 0 Å². The second-order valence-corrected chi connectivity index (χ2v) is 11.1. The molecule has 0 aliphatic carbocycles. The first-order valence-corrected chi connectivity index (χ1v) is 12.6. The minimum Gasteiger partial charge on any atom is -0.454 e. The summed E-state index contributed by atoms with van der Waals surface area (Å²) in [4.78, 5) is 13.8. The largest absolute Gasteiger partial charge is 0.454 e. The molecule has 0 spiro atoms. The molecule has 36 heavy (non-hydrogen) atoms. The Labute approximate surface area is 213 Å². The van der Waals surface area contributed by atoms with E-state index in [0.29, 0.717) is 31.8 Å². The molecule has 0 fully saturated rings. The molecule has 0 bridgehead atoms. The minimum absolute atomic E-state index is 0.147. The maximum atomic E-state index is 14.4. The predicted octanol–water partition coefficient (Wildman–Crippen LogP) is 6.39. The van der Waals surface area contributed by atoms with Crippen molar-refractivity contribution in [2.45, 2.75) is 26.4 Å². The number of thiophene rings is 1. The van der Waals surface area contributed by atoms with Crippen LogP contribution in [0.3, 0.4) is 0 Å². The molecule has 0 aliphatic heterocycles. The molecule has 0 amide bonds. The summed E-state index contributed by atoms with van der Waals surface area (Å²) in [6.07, 6.45) is 1.69. The Morgan fingerprint density at radius 2 is 1.75 bits per heavy atom. The standard InChI is InChI=1S/C26H21F2N3O3S2/c1-13-29-30-24(35-13)22-11-17-23(36-22)18(12-31(4)25(17)32)16-9-14(26(2,3)33)5-7-20(16)34-21-8-6-15(27)10-19(21)28/h5-12,33H,1-4H3. The van der Waals surface area contributed by atoms with E-state index in [9.17, 15) is 18.7 Å². The van der Waals surface area contributed by atoms with Crippen LogP contribution in [-0.4, -0.2) is 19.9 Å². The van der Waals surface area contributed by atoms with Crippen LogP contribution < -0.4 is 10.3 Å². The van der Waals surface area contributed by atoms with Crippen LogP contribution >= 0.6 is 22.7 Å². The Hall–Kier alpha value is -3.47.